The van der Waals surface area contributed by atoms with E-state index in [0.29, 0.717) is 5.82 Å². The number of aromatic nitrogens is 6. The summed E-state index contributed by atoms with van der Waals surface area (Å²) in [6.07, 6.45) is 8.80. The summed E-state index contributed by atoms with van der Waals surface area (Å²) >= 11 is 1.75. The Morgan fingerprint density at radius 1 is 1.28 bits per heavy atom. The zero-order valence-electron chi connectivity index (χ0n) is 16.0. The molecule has 4 aromatic rings. The first-order chi connectivity index (χ1) is 14.1. The Kier molecular flexibility index (Phi) is 4.19. The van der Waals surface area contributed by atoms with E-state index in [1.54, 1.807) is 22.2 Å². The van der Waals surface area contributed by atoms with E-state index >= 15 is 0 Å². The predicted molar refractivity (Wildman–Crippen MR) is 107 cm³/mol. The van der Waals surface area contributed by atoms with Gasteiger partial charge in [-0.1, -0.05) is 6.42 Å². The normalized spacial score (nSPS) is 15.4. The van der Waals surface area contributed by atoms with E-state index in [2.05, 4.69) is 15.2 Å². The molecule has 0 saturated heterocycles. The minimum Gasteiger partial charge on any atom is -0.475 e. The van der Waals surface area contributed by atoms with E-state index in [1.165, 1.54) is 47.7 Å². The third-order valence-electron chi connectivity index (χ3n) is 5.40. The van der Waals surface area contributed by atoms with Gasteiger partial charge in [-0.05, 0) is 38.2 Å². The van der Waals surface area contributed by atoms with Gasteiger partial charge in [0, 0.05) is 4.88 Å². The number of aryl methyl sites for hydroxylation is 2. The second-order valence-electron chi connectivity index (χ2n) is 7.16. The van der Waals surface area contributed by atoms with Crippen molar-refractivity contribution in [3.05, 3.63) is 38.9 Å². The number of methoxy groups -OCH3 is 1. The van der Waals surface area contributed by atoms with Crippen LogP contribution in [0.2, 0.25) is 0 Å². The lowest BCUT2D eigenvalue weighted by molar-refractivity contribution is -0.385. The van der Waals surface area contributed by atoms with Gasteiger partial charge in [-0.15, -0.1) is 21.5 Å². The van der Waals surface area contributed by atoms with Crippen LogP contribution in [0.25, 0.3) is 15.9 Å². The van der Waals surface area contributed by atoms with Gasteiger partial charge in [-0.3, -0.25) is 14.8 Å². The summed E-state index contributed by atoms with van der Waals surface area (Å²) in [7, 11) is 1.36. The number of nitrogens with zero attached hydrogens (tertiary/aromatic N) is 7. The summed E-state index contributed by atoms with van der Waals surface area (Å²) in [5.74, 6) is 0.491. The lowest BCUT2D eigenvalue weighted by Gasteiger charge is -2.06. The second kappa shape index (κ2) is 6.76. The molecule has 0 radical (unpaired) electrons. The first-order valence-electron chi connectivity index (χ1n) is 9.50. The fourth-order valence-electron chi connectivity index (χ4n) is 3.88. The summed E-state index contributed by atoms with van der Waals surface area (Å²) in [6, 6.07) is -0.398. The van der Waals surface area contributed by atoms with Crippen LogP contribution in [0, 0.1) is 10.1 Å². The molecule has 1 unspecified atom stereocenters. The monoisotopic (exact) mass is 413 g/mol. The fourth-order valence-corrected chi connectivity index (χ4v) is 5.10. The van der Waals surface area contributed by atoms with Crippen molar-refractivity contribution >= 4 is 32.9 Å². The Hall–Kier alpha value is -3.08. The van der Waals surface area contributed by atoms with E-state index < -0.39 is 11.0 Å². The minimum atomic E-state index is -0.514. The highest BCUT2D eigenvalue weighted by Crippen LogP contribution is 2.36. The molecule has 150 valence electrons. The summed E-state index contributed by atoms with van der Waals surface area (Å²) in [4.78, 5) is 22.5. The zero-order valence-corrected chi connectivity index (χ0v) is 16.8. The average molecular weight is 413 g/mol. The van der Waals surface area contributed by atoms with Gasteiger partial charge in [0.15, 0.2) is 11.5 Å². The Labute approximate surface area is 169 Å². The van der Waals surface area contributed by atoms with Crippen LogP contribution in [0.5, 0.6) is 5.88 Å². The number of thiophene rings is 1. The molecule has 0 spiro atoms. The van der Waals surface area contributed by atoms with Gasteiger partial charge in [0.05, 0.1) is 17.4 Å². The second-order valence-corrected chi connectivity index (χ2v) is 8.25. The van der Waals surface area contributed by atoms with Crippen LogP contribution in [0.1, 0.15) is 48.5 Å². The van der Waals surface area contributed by atoms with Crippen LogP contribution in [0.4, 0.5) is 5.69 Å². The molecule has 0 aliphatic heterocycles. The number of hydrogen-bond acceptors (Lipinski definition) is 8. The van der Waals surface area contributed by atoms with Crippen molar-refractivity contribution in [1.29, 1.82) is 0 Å². The fraction of sp³-hybridized carbons (Fsp3) is 0.444. The maximum atomic E-state index is 11.2. The number of ether oxygens (including phenoxy) is 1. The third kappa shape index (κ3) is 2.84. The standard InChI is InChI=1S/C18H19N7O3S/c1-10(23-8-12(25(26)27)17(22-23)28-2)15-20-16-14-11-6-4-3-5-7-13(11)29-18(14)19-9-24(16)21-15/h8-10H,3-7H2,1-2H3. The molecule has 1 aliphatic carbocycles. The quantitative estimate of drug-likeness (QED) is 0.286. The van der Waals surface area contributed by atoms with Crippen molar-refractivity contribution in [1.82, 2.24) is 29.4 Å². The van der Waals surface area contributed by atoms with Crippen molar-refractivity contribution in [3.8, 4) is 5.88 Å². The molecule has 0 N–H and O–H groups in total. The molecule has 10 nitrogen and oxygen atoms in total. The van der Waals surface area contributed by atoms with Crippen LogP contribution in [-0.4, -0.2) is 41.4 Å². The topological polar surface area (TPSA) is 113 Å². The van der Waals surface area contributed by atoms with Crippen LogP contribution in [0.15, 0.2) is 12.5 Å². The van der Waals surface area contributed by atoms with Crippen molar-refractivity contribution in [3.63, 3.8) is 0 Å². The number of nitro groups is 1. The van der Waals surface area contributed by atoms with E-state index in [9.17, 15) is 10.1 Å². The molecule has 29 heavy (non-hydrogen) atoms. The van der Waals surface area contributed by atoms with Gasteiger partial charge in [0.25, 0.3) is 0 Å². The maximum Gasteiger partial charge on any atom is 0.350 e. The Morgan fingerprint density at radius 3 is 2.86 bits per heavy atom. The first kappa shape index (κ1) is 18.0. The molecule has 0 amide bonds. The summed E-state index contributed by atoms with van der Waals surface area (Å²) in [6.45, 7) is 1.85. The molecule has 0 aromatic carbocycles. The molecule has 1 aliphatic rings. The Balaban J connectivity index is 1.62. The van der Waals surface area contributed by atoms with Gasteiger partial charge in [-0.25, -0.2) is 14.5 Å². The van der Waals surface area contributed by atoms with Crippen molar-refractivity contribution in [2.24, 2.45) is 0 Å². The van der Waals surface area contributed by atoms with Crippen LogP contribution < -0.4 is 4.74 Å². The van der Waals surface area contributed by atoms with Gasteiger partial charge in [0.2, 0.25) is 0 Å². The van der Waals surface area contributed by atoms with E-state index in [1.807, 2.05) is 6.92 Å². The molecule has 5 rings (SSSR count). The molecule has 4 aromatic heterocycles. The van der Waals surface area contributed by atoms with Crippen LogP contribution >= 0.6 is 11.3 Å². The Bertz CT molecular complexity index is 1240. The van der Waals surface area contributed by atoms with E-state index in [-0.39, 0.29) is 11.6 Å². The minimum absolute atomic E-state index is 0.0298. The largest absolute Gasteiger partial charge is 0.475 e. The smallest absolute Gasteiger partial charge is 0.350 e. The molecule has 1 atom stereocenters. The lowest BCUT2D eigenvalue weighted by atomic mass is 10.1. The molecular formula is C18H19N7O3S. The zero-order chi connectivity index (χ0) is 20.1. The van der Waals surface area contributed by atoms with Gasteiger partial charge in [0.1, 0.15) is 23.4 Å². The molecule has 11 heteroatoms. The third-order valence-corrected chi connectivity index (χ3v) is 6.60. The highest BCUT2D eigenvalue weighted by atomic mass is 32.1. The van der Waals surface area contributed by atoms with E-state index in [0.717, 1.165) is 28.7 Å². The van der Waals surface area contributed by atoms with Gasteiger partial charge in [-0.2, -0.15) is 0 Å². The average Bonchev–Trinajstić information content (AvgIpc) is 3.38. The lowest BCUT2D eigenvalue weighted by Crippen LogP contribution is -2.09. The molecular weight excluding hydrogens is 394 g/mol. The Morgan fingerprint density at radius 2 is 2.10 bits per heavy atom. The van der Waals surface area contributed by atoms with Crippen molar-refractivity contribution in [2.75, 3.05) is 7.11 Å². The maximum absolute atomic E-state index is 11.2. The SMILES string of the molecule is COc1nn(C(C)c2nc3c4c5c(sc4ncn3n2)CCCCC5)cc1[N+](=O)[O-]. The highest BCUT2D eigenvalue weighted by molar-refractivity contribution is 7.19. The number of fused-ring (bicyclic) bond motifs is 5. The molecule has 0 saturated carbocycles. The number of rotatable bonds is 4. The van der Waals surface area contributed by atoms with Crippen LogP contribution in [0.3, 0.4) is 0 Å². The van der Waals surface area contributed by atoms with Gasteiger partial charge >= 0.3 is 11.6 Å². The van der Waals surface area contributed by atoms with E-state index in [4.69, 9.17) is 9.72 Å². The summed E-state index contributed by atoms with van der Waals surface area (Å²) in [5.41, 5.74) is 1.95. The molecule has 0 bridgehead atoms. The molecule has 4 heterocycles. The molecule has 0 fully saturated rings. The summed E-state index contributed by atoms with van der Waals surface area (Å²) < 4.78 is 8.18. The van der Waals surface area contributed by atoms with Gasteiger partial charge < -0.3 is 4.74 Å². The first-order valence-corrected chi connectivity index (χ1v) is 10.3. The van der Waals surface area contributed by atoms with Crippen molar-refractivity contribution < 1.29 is 9.66 Å². The highest BCUT2D eigenvalue weighted by Gasteiger charge is 2.26. The van der Waals surface area contributed by atoms with Crippen molar-refractivity contribution in [2.45, 2.75) is 45.1 Å². The summed E-state index contributed by atoms with van der Waals surface area (Å²) in [5, 5.41) is 21.1. The van der Waals surface area contributed by atoms with Crippen LogP contribution in [-0.2, 0) is 12.8 Å². The number of hydrogen-bond donors (Lipinski definition) is 0. The predicted octanol–water partition coefficient (Wildman–Crippen LogP) is 3.33.